The van der Waals surface area contributed by atoms with Crippen molar-refractivity contribution >= 4 is 35.1 Å². The summed E-state index contributed by atoms with van der Waals surface area (Å²) in [6.07, 6.45) is 1.44. The SMILES string of the molecule is CCCC[C@@H](COC(=O)N(Cc1cccs1)c1ccccc1)NC(=O)N[C@@H](CC(=O)O)c1ccc2c(c1)OCO2. The van der Waals surface area contributed by atoms with Crippen molar-refractivity contribution in [3.8, 4) is 11.5 Å². The van der Waals surface area contributed by atoms with Crippen LogP contribution in [-0.4, -0.2) is 42.6 Å². The zero-order valence-electron chi connectivity index (χ0n) is 22.2. The summed E-state index contributed by atoms with van der Waals surface area (Å²) in [6.45, 7) is 2.45. The molecule has 0 saturated heterocycles. The number of urea groups is 1. The van der Waals surface area contributed by atoms with Gasteiger partial charge in [0.15, 0.2) is 11.5 Å². The molecule has 0 bridgehead atoms. The van der Waals surface area contributed by atoms with Gasteiger partial charge in [-0.05, 0) is 47.7 Å². The second-order valence-corrected chi connectivity index (χ2v) is 10.3. The van der Waals surface area contributed by atoms with Crippen molar-refractivity contribution in [2.75, 3.05) is 18.3 Å². The number of carboxylic acid groups (broad SMARTS) is 1. The molecule has 2 heterocycles. The summed E-state index contributed by atoms with van der Waals surface area (Å²) in [6, 6.07) is 16.4. The minimum absolute atomic E-state index is 0.0341. The fourth-order valence-electron chi connectivity index (χ4n) is 4.27. The lowest BCUT2D eigenvalue weighted by Gasteiger charge is -2.25. The molecule has 1 aliphatic rings. The number of fused-ring (bicyclic) bond motifs is 1. The van der Waals surface area contributed by atoms with E-state index >= 15 is 0 Å². The molecule has 1 aliphatic heterocycles. The van der Waals surface area contributed by atoms with Crippen LogP contribution in [0.1, 0.15) is 49.1 Å². The Morgan fingerprint density at radius 2 is 1.85 bits per heavy atom. The molecular formula is C29H33N3O7S. The van der Waals surface area contributed by atoms with E-state index in [1.54, 1.807) is 34.4 Å². The maximum Gasteiger partial charge on any atom is 0.414 e. The number of hydrogen-bond donors (Lipinski definition) is 3. The van der Waals surface area contributed by atoms with E-state index in [0.29, 0.717) is 35.7 Å². The molecular weight excluding hydrogens is 534 g/mol. The van der Waals surface area contributed by atoms with Crippen LogP contribution in [-0.2, 0) is 16.1 Å². The third-order valence-corrected chi connectivity index (χ3v) is 7.18. The first-order chi connectivity index (χ1) is 19.4. The van der Waals surface area contributed by atoms with E-state index < -0.39 is 30.2 Å². The molecule has 212 valence electrons. The highest BCUT2D eigenvalue weighted by Crippen LogP contribution is 2.34. The number of benzene rings is 2. The van der Waals surface area contributed by atoms with Crippen molar-refractivity contribution in [1.29, 1.82) is 0 Å². The minimum Gasteiger partial charge on any atom is -0.481 e. The Balaban J connectivity index is 1.40. The smallest absolute Gasteiger partial charge is 0.414 e. The van der Waals surface area contributed by atoms with Crippen molar-refractivity contribution in [2.24, 2.45) is 0 Å². The number of aliphatic carboxylic acids is 1. The van der Waals surface area contributed by atoms with E-state index in [9.17, 15) is 19.5 Å². The molecule has 40 heavy (non-hydrogen) atoms. The summed E-state index contributed by atoms with van der Waals surface area (Å²) < 4.78 is 16.4. The predicted octanol–water partition coefficient (Wildman–Crippen LogP) is 5.69. The normalized spacial score (nSPS) is 13.2. The fraction of sp³-hybridized carbons (Fsp3) is 0.345. The number of para-hydroxylation sites is 1. The molecule has 3 amide bonds. The van der Waals surface area contributed by atoms with Crippen LogP contribution in [0.3, 0.4) is 0 Å². The molecule has 1 aromatic heterocycles. The van der Waals surface area contributed by atoms with Crippen LogP contribution < -0.4 is 25.0 Å². The molecule has 0 spiro atoms. The Morgan fingerprint density at radius 1 is 1.05 bits per heavy atom. The van der Waals surface area contributed by atoms with Gasteiger partial charge in [0.05, 0.1) is 25.0 Å². The number of anilines is 1. The maximum absolute atomic E-state index is 13.2. The first-order valence-electron chi connectivity index (χ1n) is 13.1. The molecule has 2 aromatic carbocycles. The topological polar surface area (TPSA) is 126 Å². The highest BCUT2D eigenvalue weighted by Gasteiger charge is 2.24. The lowest BCUT2D eigenvalue weighted by atomic mass is 10.0. The summed E-state index contributed by atoms with van der Waals surface area (Å²) in [5.74, 6) is -0.00753. The third kappa shape index (κ3) is 8.12. The van der Waals surface area contributed by atoms with Gasteiger partial charge >= 0.3 is 18.1 Å². The summed E-state index contributed by atoms with van der Waals surface area (Å²) in [5.41, 5.74) is 1.28. The highest BCUT2D eigenvalue weighted by atomic mass is 32.1. The molecule has 0 saturated carbocycles. The van der Waals surface area contributed by atoms with Crippen LogP contribution >= 0.6 is 11.3 Å². The monoisotopic (exact) mass is 567 g/mol. The first-order valence-corrected chi connectivity index (χ1v) is 14.0. The molecule has 0 fully saturated rings. The molecule has 0 aliphatic carbocycles. The Hall–Kier alpha value is -4.25. The number of rotatable bonds is 13. The number of carboxylic acids is 1. The molecule has 2 atom stereocenters. The van der Waals surface area contributed by atoms with E-state index in [-0.39, 0.29) is 19.8 Å². The van der Waals surface area contributed by atoms with Crippen LogP contribution in [0.15, 0.2) is 66.0 Å². The van der Waals surface area contributed by atoms with Gasteiger partial charge in [-0.2, -0.15) is 0 Å². The van der Waals surface area contributed by atoms with E-state index in [1.165, 1.54) is 0 Å². The van der Waals surface area contributed by atoms with Crippen molar-refractivity contribution in [1.82, 2.24) is 10.6 Å². The van der Waals surface area contributed by atoms with Crippen LogP contribution in [0, 0.1) is 0 Å². The van der Waals surface area contributed by atoms with Crippen molar-refractivity contribution in [2.45, 2.75) is 51.2 Å². The molecule has 3 N–H and O–H groups in total. The van der Waals surface area contributed by atoms with Gasteiger partial charge in [0, 0.05) is 10.6 Å². The molecule has 10 nitrogen and oxygen atoms in total. The molecule has 11 heteroatoms. The fourth-order valence-corrected chi connectivity index (χ4v) is 4.96. The predicted molar refractivity (Wildman–Crippen MR) is 151 cm³/mol. The van der Waals surface area contributed by atoms with Gasteiger partial charge in [-0.15, -0.1) is 11.3 Å². The van der Waals surface area contributed by atoms with Crippen LogP contribution in [0.25, 0.3) is 0 Å². The van der Waals surface area contributed by atoms with E-state index in [1.807, 2.05) is 54.8 Å². The Morgan fingerprint density at radius 3 is 2.58 bits per heavy atom. The number of ether oxygens (including phenoxy) is 3. The van der Waals surface area contributed by atoms with Crippen LogP contribution in [0.5, 0.6) is 11.5 Å². The number of nitrogens with zero attached hydrogens (tertiary/aromatic N) is 1. The summed E-state index contributed by atoms with van der Waals surface area (Å²) in [4.78, 5) is 40.3. The van der Waals surface area contributed by atoms with Gasteiger partial charge in [0.2, 0.25) is 6.79 Å². The number of hydrogen-bond acceptors (Lipinski definition) is 7. The second-order valence-electron chi connectivity index (χ2n) is 9.30. The van der Waals surface area contributed by atoms with Crippen LogP contribution in [0.2, 0.25) is 0 Å². The number of nitrogens with one attached hydrogen (secondary N) is 2. The van der Waals surface area contributed by atoms with Gasteiger partial charge in [-0.1, -0.05) is 50.1 Å². The average molecular weight is 568 g/mol. The largest absolute Gasteiger partial charge is 0.481 e. The summed E-state index contributed by atoms with van der Waals surface area (Å²) in [5, 5.41) is 17.0. The van der Waals surface area contributed by atoms with Crippen molar-refractivity contribution in [3.63, 3.8) is 0 Å². The van der Waals surface area contributed by atoms with E-state index in [0.717, 1.165) is 17.7 Å². The van der Waals surface area contributed by atoms with Crippen molar-refractivity contribution in [3.05, 3.63) is 76.5 Å². The molecule has 3 aromatic rings. The molecule has 4 rings (SSSR count). The number of carbonyl (C=O) groups is 3. The zero-order valence-corrected chi connectivity index (χ0v) is 23.0. The first kappa shape index (κ1) is 28.8. The minimum atomic E-state index is -1.06. The van der Waals surface area contributed by atoms with Crippen molar-refractivity contribution < 1.29 is 33.7 Å². The Kier molecular flexibility index (Phi) is 10.2. The maximum atomic E-state index is 13.2. The standard InChI is InChI=1S/C29H33N3O7S/c1-2-3-8-21(18-37-29(36)32(17-23-11-7-14-40-23)22-9-5-4-6-10-22)30-28(35)31-24(16-27(33)34)20-12-13-25-26(15-20)39-19-38-25/h4-7,9-15,21,24H,2-3,8,16-19H2,1H3,(H,33,34)(H2,30,31,35)/t21-,24-/m0/s1. The zero-order chi connectivity index (χ0) is 28.3. The van der Waals surface area contributed by atoms with E-state index in [4.69, 9.17) is 14.2 Å². The number of amides is 3. The molecule has 0 radical (unpaired) electrons. The summed E-state index contributed by atoms with van der Waals surface area (Å²) in [7, 11) is 0. The van der Waals surface area contributed by atoms with Gasteiger partial charge < -0.3 is 30.0 Å². The number of unbranched alkanes of at least 4 members (excludes halogenated alkanes) is 1. The van der Waals surface area contributed by atoms with Gasteiger partial charge in [0.25, 0.3) is 0 Å². The number of thiophene rings is 1. The third-order valence-electron chi connectivity index (χ3n) is 6.31. The lowest BCUT2D eigenvalue weighted by molar-refractivity contribution is -0.137. The van der Waals surface area contributed by atoms with Crippen LogP contribution in [0.4, 0.5) is 15.3 Å². The quantitative estimate of drug-likeness (QED) is 0.242. The summed E-state index contributed by atoms with van der Waals surface area (Å²) >= 11 is 1.55. The molecule has 0 unspecified atom stereocenters. The van der Waals surface area contributed by atoms with E-state index in [2.05, 4.69) is 10.6 Å². The van der Waals surface area contributed by atoms with Gasteiger partial charge in [0.1, 0.15) is 6.61 Å². The number of carbonyl (C=O) groups excluding carboxylic acids is 2. The van der Waals surface area contributed by atoms with Gasteiger partial charge in [-0.3, -0.25) is 9.69 Å². The van der Waals surface area contributed by atoms with Gasteiger partial charge in [-0.25, -0.2) is 9.59 Å². The lowest BCUT2D eigenvalue weighted by Crippen LogP contribution is -2.46. The average Bonchev–Trinajstić information content (AvgIpc) is 3.64. The highest BCUT2D eigenvalue weighted by molar-refractivity contribution is 7.09. The second kappa shape index (κ2) is 14.2. The Bertz CT molecular complexity index is 1270. The Labute approximate surface area is 236 Å².